The van der Waals surface area contributed by atoms with Crippen LogP contribution in [0.2, 0.25) is 5.02 Å². The van der Waals surface area contributed by atoms with Gasteiger partial charge in [0.15, 0.2) is 5.65 Å². The lowest BCUT2D eigenvalue weighted by Gasteiger charge is -2.32. The summed E-state index contributed by atoms with van der Waals surface area (Å²) in [6, 6.07) is 12.3. The van der Waals surface area contributed by atoms with Crippen molar-refractivity contribution >= 4 is 22.6 Å². The Kier molecular flexibility index (Phi) is 4.25. The zero-order valence-corrected chi connectivity index (χ0v) is 14.6. The highest BCUT2D eigenvalue weighted by molar-refractivity contribution is 6.30. The maximum atomic E-state index is 5.99. The molecule has 0 saturated carbocycles. The minimum Gasteiger partial charge on any atom is -0.298 e. The first-order valence-corrected chi connectivity index (χ1v) is 8.83. The molecule has 0 bridgehead atoms. The molecule has 1 saturated heterocycles. The van der Waals surface area contributed by atoms with Gasteiger partial charge < -0.3 is 0 Å². The first-order valence-electron chi connectivity index (χ1n) is 8.45. The molecule has 1 aliphatic rings. The second-order valence-electron chi connectivity index (χ2n) is 6.58. The van der Waals surface area contributed by atoms with Crippen molar-refractivity contribution in [1.82, 2.24) is 19.7 Å². The van der Waals surface area contributed by atoms with Crippen molar-refractivity contribution in [2.45, 2.75) is 25.3 Å². The summed E-state index contributed by atoms with van der Waals surface area (Å²) in [5.74, 6) is 0.471. The normalized spacial score (nSPS) is 19.0. The fraction of sp³-hybridized carbons (Fsp3) is 0.368. The predicted octanol–water partition coefficient (Wildman–Crippen LogP) is 4.00. The summed E-state index contributed by atoms with van der Waals surface area (Å²) in [5, 5.41) is 6.76. The van der Waals surface area contributed by atoms with Gasteiger partial charge in [0.05, 0.1) is 5.69 Å². The zero-order chi connectivity index (χ0) is 16.5. The Bertz CT molecular complexity index is 840. The van der Waals surface area contributed by atoms with Crippen LogP contribution in [0.25, 0.3) is 11.0 Å². The van der Waals surface area contributed by atoms with Gasteiger partial charge in [-0.2, -0.15) is 5.10 Å². The molecular weight excluding hydrogens is 320 g/mol. The molecule has 124 valence electrons. The Morgan fingerprint density at radius 2 is 2.04 bits per heavy atom. The van der Waals surface area contributed by atoms with E-state index in [-0.39, 0.29) is 0 Å². The summed E-state index contributed by atoms with van der Waals surface area (Å²) in [6.45, 7) is 3.16. The van der Waals surface area contributed by atoms with E-state index in [1.165, 1.54) is 29.5 Å². The Morgan fingerprint density at radius 1 is 1.21 bits per heavy atom. The van der Waals surface area contributed by atoms with Gasteiger partial charge in [0.25, 0.3) is 0 Å². The lowest BCUT2D eigenvalue weighted by Crippen LogP contribution is -2.34. The van der Waals surface area contributed by atoms with Crippen molar-refractivity contribution in [2.24, 2.45) is 7.05 Å². The van der Waals surface area contributed by atoms with Crippen LogP contribution in [-0.2, 0) is 13.6 Å². The van der Waals surface area contributed by atoms with E-state index in [4.69, 9.17) is 16.7 Å². The fourth-order valence-corrected chi connectivity index (χ4v) is 3.82. The van der Waals surface area contributed by atoms with Crippen LogP contribution in [0, 0.1) is 0 Å². The summed E-state index contributed by atoms with van der Waals surface area (Å²) in [5.41, 5.74) is 3.48. The molecule has 3 heterocycles. The van der Waals surface area contributed by atoms with Crippen molar-refractivity contribution in [3.8, 4) is 0 Å². The number of hydrogen-bond acceptors (Lipinski definition) is 3. The van der Waals surface area contributed by atoms with Gasteiger partial charge in [0.2, 0.25) is 0 Å². The first-order chi connectivity index (χ1) is 11.7. The molecule has 0 N–H and O–H groups in total. The van der Waals surface area contributed by atoms with E-state index >= 15 is 0 Å². The molecule has 0 aliphatic carbocycles. The van der Waals surface area contributed by atoms with Crippen LogP contribution in [0.5, 0.6) is 0 Å². The maximum Gasteiger partial charge on any atom is 0.157 e. The van der Waals surface area contributed by atoms with E-state index in [0.29, 0.717) is 5.92 Å². The molecule has 1 atom stereocenters. The second-order valence-corrected chi connectivity index (χ2v) is 7.02. The minimum atomic E-state index is 0.471. The highest BCUT2D eigenvalue weighted by Crippen LogP contribution is 2.31. The Morgan fingerprint density at radius 3 is 2.88 bits per heavy atom. The molecule has 0 radical (unpaired) electrons. The van der Waals surface area contributed by atoms with Gasteiger partial charge >= 0.3 is 0 Å². The fourth-order valence-electron chi connectivity index (χ4n) is 3.69. The molecule has 0 amide bonds. The molecule has 1 fully saturated rings. The van der Waals surface area contributed by atoms with E-state index in [2.05, 4.69) is 28.1 Å². The number of nitrogens with zero attached hydrogens (tertiary/aromatic N) is 4. The molecule has 1 aliphatic heterocycles. The topological polar surface area (TPSA) is 34.0 Å². The number of pyridine rings is 1. The highest BCUT2D eigenvalue weighted by Gasteiger charge is 2.25. The van der Waals surface area contributed by atoms with Crippen LogP contribution < -0.4 is 0 Å². The van der Waals surface area contributed by atoms with Gasteiger partial charge in [-0.1, -0.05) is 23.7 Å². The van der Waals surface area contributed by atoms with Gasteiger partial charge in [-0.05, 0) is 49.2 Å². The standard InChI is InChI=1S/C19H21ClN4/c1-23-19-17(5-2-10-21-19)18(22-23)15-4-3-11-24(13-15)12-14-6-8-16(20)9-7-14/h2,5-10,15H,3-4,11-13H2,1H3/t15-/m0/s1. The van der Waals surface area contributed by atoms with E-state index in [0.717, 1.165) is 30.3 Å². The van der Waals surface area contributed by atoms with Crippen LogP contribution in [0.15, 0.2) is 42.6 Å². The molecule has 3 aromatic rings. The molecule has 5 heteroatoms. The van der Waals surface area contributed by atoms with Gasteiger partial charge in [0, 0.05) is 42.7 Å². The van der Waals surface area contributed by atoms with Crippen LogP contribution in [0.4, 0.5) is 0 Å². The minimum absolute atomic E-state index is 0.471. The smallest absolute Gasteiger partial charge is 0.157 e. The van der Waals surface area contributed by atoms with Crippen molar-refractivity contribution in [3.05, 3.63) is 58.9 Å². The third-order valence-corrected chi connectivity index (χ3v) is 5.09. The number of hydrogen-bond donors (Lipinski definition) is 0. The van der Waals surface area contributed by atoms with E-state index < -0.39 is 0 Å². The van der Waals surface area contributed by atoms with Crippen LogP contribution >= 0.6 is 11.6 Å². The molecule has 0 spiro atoms. The maximum absolute atomic E-state index is 5.99. The Balaban J connectivity index is 1.55. The quantitative estimate of drug-likeness (QED) is 0.722. The number of fused-ring (bicyclic) bond motifs is 1. The van der Waals surface area contributed by atoms with Crippen LogP contribution in [-0.4, -0.2) is 32.8 Å². The van der Waals surface area contributed by atoms with Crippen molar-refractivity contribution < 1.29 is 0 Å². The third-order valence-electron chi connectivity index (χ3n) is 4.84. The Hall–Kier alpha value is -1.91. The molecule has 0 unspecified atom stereocenters. The predicted molar refractivity (Wildman–Crippen MR) is 97.2 cm³/mol. The molecule has 4 rings (SSSR count). The lowest BCUT2D eigenvalue weighted by molar-refractivity contribution is 0.198. The lowest BCUT2D eigenvalue weighted by atomic mass is 9.93. The number of benzene rings is 1. The number of halogens is 1. The van der Waals surface area contributed by atoms with E-state index in [1.807, 2.05) is 36.1 Å². The number of aromatic nitrogens is 3. The summed E-state index contributed by atoms with van der Waals surface area (Å²) in [7, 11) is 1.98. The summed E-state index contributed by atoms with van der Waals surface area (Å²) in [4.78, 5) is 6.99. The SMILES string of the molecule is Cn1nc([C@H]2CCCN(Cc3ccc(Cl)cc3)C2)c2cccnc21. The average Bonchev–Trinajstić information content (AvgIpc) is 2.95. The first kappa shape index (κ1) is 15.6. The number of piperidine rings is 1. The van der Waals surface area contributed by atoms with Gasteiger partial charge in [-0.15, -0.1) is 0 Å². The highest BCUT2D eigenvalue weighted by atomic mass is 35.5. The summed E-state index contributed by atoms with van der Waals surface area (Å²) in [6.07, 6.45) is 4.23. The van der Waals surface area contributed by atoms with Crippen molar-refractivity contribution in [1.29, 1.82) is 0 Å². The van der Waals surface area contributed by atoms with Gasteiger partial charge in [-0.25, -0.2) is 4.98 Å². The summed E-state index contributed by atoms with van der Waals surface area (Å²) < 4.78 is 1.91. The number of aryl methyl sites for hydroxylation is 1. The average molecular weight is 341 g/mol. The third kappa shape index (κ3) is 3.04. The molecular formula is C19H21ClN4. The molecule has 24 heavy (non-hydrogen) atoms. The monoisotopic (exact) mass is 340 g/mol. The van der Waals surface area contributed by atoms with E-state index in [1.54, 1.807) is 0 Å². The van der Waals surface area contributed by atoms with E-state index in [9.17, 15) is 0 Å². The molecule has 1 aromatic carbocycles. The largest absolute Gasteiger partial charge is 0.298 e. The Labute approximate surface area is 147 Å². The number of likely N-dealkylation sites (tertiary alicyclic amines) is 1. The second kappa shape index (κ2) is 6.54. The summed E-state index contributed by atoms with van der Waals surface area (Å²) >= 11 is 5.99. The number of rotatable bonds is 3. The zero-order valence-electron chi connectivity index (χ0n) is 13.8. The van der Waals surface area contributed by atoms with Crippen molar-refractivity contribution in [2.75, 3.05) is 13.1 Å². The van der Waals surface area contributed by atoms with Crippen LogP contribution in [0.1, 0.15) is 30.0 Å². The molecule has 2 aromatic heterocycles. The molecule has 4 nitrogen and oxygen atoms in total. The van der Waals surface area contributed by atoms with Crippen LogP contribution in [0.3, 0.4) is 0 Å². The van der Waals surface area contributed by atoms with Crippen molar-refractivity contribution in [3.63, 3.8) is 0 Å². The van der Waals surface area contributed by atoms with Gasteiger partial charge in [-0.3, -0.25) is 9.58 Å². The van der Waals surface area contributed by atoms with Gasteiger partial charge in [0.1, 0.15) is 0 Å².